The van der Waals surface area contributed by atoms with E-state index >= 15 is 0 Å². The lowest BCUT2D eigenvalue weighted by Crippen LogP contribution is -1.89. The molecule has 0 N–H and O–H groups in total. The SMILES string of the molecule is COc1ccc(Br)cc1C=Cc1ccc2cccc(OC)c2n1. The minimum atomic E-state index is 0.776. The third-order valence-electron chi connectivity index (χ3n) is 3.55. The summed E-state index contributed by atoms with van der Waals surface area (Å²) in [5, 5.41) is 1.06. The fraction of sp³-hybridized carbons (Fsp3) is 0.105. The van der Waals surface area contributed by atoms with Gasteiger partial charge < -0.3 is 9.47 Å². The summed E-state index contributed by atoms with van der Waals surface area (Å²) in [5.41, 5.74) is 2.71. The van der Waals surface area contributed by atoms with Crippen LogP contribution in [0, 0.1) is 0 Å². The Bertz CT molecular complexity index is 874. The fourth-order valence-corrected chi connectivity index (χ4v) is 2.78. The Labute approximate surface area is 143 Å². The number of hydrogen-bond donors (Lipinski definition) is 0. The minimum absolute atomic E-state index is 0.776. The summed E-state index contributed by atoms with van der Waals surface area (Å²) < 4.78 is 11.8. The van der Waals surface area contributed by atoms with E-state index in [9.17, 15) is 0 Å². The molecule has 0 aliphatic carbocycles. The Balaban J connectivity index is 2.00. The number of fused-ring (bicyclic) bond motifs is 1. The second kappa shape index (κ2) is 6.84. The van der Waals surface area contributed by atoms with Gasteiger partial charge in [-0.3, -0.25) is 0 Å². The zero-order valence-corrected chi connectivity index (χ0v) is 14.5. The molecule has 116 valence electrons. The molecular weight excluding hydrogens is 354 g/mol. The van der Waals surface area contributed by atoms with Gasteiger partial charge in [-0.2, -0.15) is 0 Å². The topological polar surface area (TPSA) is 31.4 Å². The van der Waals surface area contributed by atoms with E-state index in [0.29, 0.717) is 0 Å². The van der Waals surface area contributed by atoms with Crippen molar-refractivity contribution in [3.8, 4) is 11.5 Å². The van der Waals surface area contributed by atoms with Crippen molar-refractivity contribution < 1.29 is 9.47 Å². The molecule has 3 aromatic rings. The van der Waals surface area contributed by atoms with Gasteiger partial charge in [0.15, 0.2) is 0 Å². The van der Waals surface area contributed by atoms with E-state index in [-0.39, 0.29) is 0 Å². The van der Waals surface area contributed by atoms with Crippen LogP contribution in [0.2, 0.25) is 0 Å². The molecule has 0 unspecified atom stereocenters. The third kappa shape index (κ3) is 3.37. The van der Waals surface area contributed by atoms with Gasteiger partial charge in [-0.25, -0.2) is 4.98 Å². The summed E-state index contributed by atoms with van der Waals surface area (Å²) in [6.07, 6.45) is 3.96. The second-order valence-electron chi connectivity index (χ2n) is 4.99. The average molecular weight is 370 g/mol. The van der Waals surface area contributed by atoms with Crippen LogP contribution in [-0.4, -0.2) is 19.2 Å². The van der Waals surface area contributed by atoms with Gasteiger partial charge in [0.05, 0.1) is 19.9 Å². The largest absolute Gasteiger partial charge is 0.496 e. The molecule has 3 nitrogen and oxygen atoms in total. The van der Waals surface area contributed by atoms with Crippen LogP contribution in [0.15, 0.2) is 53.0 Å². The Morgan fingerprint density at radius 3 is 2.52 bits per heavy atom. The lowest BCUT2D eigenvalue weighted by atomic mass is 10.1. The van der Waals surface area contributed by atoms with Gasteiger partial charge in [0.25, 0.3) is 0 Å². The highest BCUT2D eigenvalue weighted by atomic mass is 79.9. The van der Waals surface area contributed by atoms with Crippen LogP contribution in [0.5, 0.6) is 11.5 Å². The first-order valence-electron chi connectivity index (χ1n) is 7.16. The maximum Gasteiger partial charge on any atom is 0.145 e. The lowest BCUT2D eigenvalue weighted by Gasteiger charge is -2.06. The predicted molar refractivity (Wildman–Crippen MR) is 97.9 cm³/mol. The molecule has 23 heavy (non-hydrogen) atoms. The zero-order valence-electron chi connectivity index (χ0n) is 12.9. The van der Waals surface area contributed by atoms with E-state index in [1.807, 2.05) is 60.7 Å². The highest BCUT2D eigenvalue weighted by Gasteiger charge is 2.04. The molecule has 0 aliphatic rings. The number of pyridine rings is 1. The summed E-state index contributed by atoms with van der Waals surface area (Å²) in [6.45, 7) is 0. The molecule has 0 aliphatic heterocycles. The number of methoxy groups -OCH3 is 2. The minimum Gasteiger partial charge on any atom is -0.496 e. The molecular formula is C19H16BrNO2. The van der Waals surface area contributed by atoms with E-state index in [1.165, 1.54) is 0 Å². The zero-order chi connectivity index (χ0) is 16.2. The van der Waals surface area contributed by atoms with Gasteiger partial charge >= 0.3 is 0 Å². The van der Waals surface area contributed by atoms with Crippen LogP contribution in [0.25, 0.3) is 23.1 Å². The van der Waals surface area contributed by atoms with Gasteiger partial charge in [0.1, 0.15) is 17.0 Å². The molecule has 2 aromatic carbocycles. The van der Waals surface area contributed by atoms with Crippen molar-refractivity contribution in [3.63, 3.8) is 0 Å². The van der Waals surface area contributed by atoms with Gasteiger partial charge in [-0.1, -0.05) is 34.1 Å². The van der Waals surface area contributed by atoms with Crippen molar-refractivity contribution in [3.05, 3.63) is 64.3 Å². The molecule has 0 fully saturated rings. The smallest absolute Gasteiger partial charge is 0.145 e. The Hall–Kier alpha value is -2.33. The fourth-order valence-electron chi connectivity index (χ4n) is 2.40. The Kier molecular flexibility index (Phi) is 4.63. The molecule has 0 spiro atoms. The van der Waals surface area contributed by atoms with Crippen molar-refractivity contribution in [1.29, 1.82) is 0 Å². The summed E-state index contributed by atoms with van der Waals surface area (Å²) in [7, 11) is 3.32. The summed E-state index contributed by atoms with van der Waals surface area (Å²) >= 11 is 3.48. The molecule has 1 aromatic heterocycles. The molecule has 3 rings (SSSR count). The molecule has 0 atom stereocenters. The van der Waals surface area contributed by atoms with E-state index < -0.39 is 0 Å². The first-order valence-corrected chi connectivity index (χ1v) is 7.96. The Morgan fingerprint density at radius 1 is 0.913 bits per heavy atom. The number of nitrogens with zero attached hydrogens (tertiary/aromatic N) is 1. The third-order valence-corrected chi connectivity index (χ3v) is 4.04. The number of rotatable bonds is 4. The number of para-hydroxylation sites is 1. The van der Waals surface area contributed by atoms with Gasteiger partial charge in [-0.05, 0) is 42.5 Å². The molecule has 0 saturated carbocycles. The average Bonchev–Trinajstić information content (AvgIpc) is 2.59. The van der Waals surface area contributed by atoms with Crippen LogP contribution < -0.4 is 9.47 Å². The Morgan fingerprint density at radius 2 is 1.74 bits per heavy atom. The van der Waals surface area contributed by atoms with Crippen molar-refractivity contribution in [2.45, 2.75) is 0 Å². The highest BCUT2D eigenvalue weighted by Crippen LogP contribution is 2.26. The maximum absolute atomic E-state index is 5.38. The molecule has 0 amide bonds. The molecule has 0 saturated heterocycles. The van der Waals surface area contributed by atoms with Crippen molar-refractivity contribution in [2.24, 2.45) is 0 Å². The number of halogens is 1. The van der Waals surface area contributed by atoms with E-state index in [2.05, 4.69) is 20.9 Å². The lowest BCUT2D eigenvalue weighted by molar-refractivity contribution is 0.414. The second-order valence-corrected chi connectivity index (χ2v) is 5.90. The molecule has 0 radical (unpaired) electrons. The quantitative estimate of drug-likeness (QED) is 0.634. The summed E-state index contributed by atoms with van der Waals surface area (Å²) in [5.74, 6) is 1.60. The number of aromatic nitrogens is 1. The van der Waals surface area contributed by atoms with Gasteiger partial charge in [0.2, 0.25) is 0 Å². The number of ether oxygens (including phenoxy) is 2. The number of hydrogen-bond acceptors (Lipinski definition) is 3. The van der Waals surface area contributed by atoms with Crippen molar-refractivity contribution >= 4 is 39.0 Å². The van der Waals surface area contributed by atoms with Gasteiger partial charge in [0, 0.05) is 15.4 Å². The van der Waals surface area contributed by atoms with E-state index in [0.717, 1.165) is 38.1 Å². The maximum atomic E-state index is 5.38. The van der Waals surface area contributed by atoms with Crippen LogP contribution in [0.1, 0.15) is 11.3 Å². The van der Waals surface area contributed by atoms with Crippen molar-refractivity contribution in [1.82, 2.24) is 4.98 Å². The molecule has 0 bridgehead atoms. The first kappa shape index (κ1) is 15.6. The summed E-state index contributed by atoms with van der Waals surface area (Å²) in [6, 6.07) is 15.8. The predicted octanol–water partition coefficient (Wildman–Crippen LogP) is 5.18. The normalized spacial score (nSPS) is 11.1. The highest BCUT2D eigenvalue weighted by molar-refractivity contribution is 9.10. The van der Waals surface area contributed by atoms with Gasteiger partial charge in [-0.15, -0.1) is 0 Å². The molecule has 4 heteroatoms. The summed E-state index contributed by atoms with van der Waals surface area (Å²) in [4.78, 5) is 4.67. The molecule has 1 heterocycles. The van der Waals surface area contributed by atoms with Crippen LogP contribution >= 0.6 is 15.9 Å². The van der Waals surface area contributed by atoms with E-state index in [1.54, 1.807) is 14.2 Å². The van der Waals surface area contributed by atoms with Crippen LogP contribution in [0.3, 0.4) is 0 Å². The number of benzene rings is 2. The van der Waals surface area contributed by atoms with Crippen LogP contribution in [0.4, 0.5) is 0 Å². The van der Waals surface area contributed by atoms with E-state index in [4.69, 9.17) is 9.47 Å². The van der Waals surface area contributed by atoms with Crippen molar-refractivity contribution in [2.75, 3.05) is 14.2 Å². The first-order chi connectivity index (χ1) is 11.2. The monoisotopic (exact) mass is 369 g/mol. The standard InChI is InChI=1S/C19H16BrNO2/c1-22-17-11-8-15(20)12-14(17)7-10-16-9-6-13-4-3-5-18(23-2)19(13)21-16/h3-12H,1-2H3. The van der Waals surface area contributed by atoms with Crippen LogP contribution in [-0.2, 0) is 0 Å².